The van der Waals surface area contributed by atoms with E-state index in [0.29, 0.717) is 47.1 Å². The van der Waals surface area contributed by atoms with Gasteiger partial charge in [0.15, 0.2) is 11.5 Å². The lowest BCUT2D eigenvalue weighted by molar-refractivity contribution is -0.138. The molecule has 8 nitrogen and oxygen atoms in total. The molecule has 0 bridgehead atoms. The highest BCUT2D eigenvalue weighted by atomic mass is 32.2. The lowest BCUT2D eigenvalue weighted by Crippen LogP contribution is -2.29. The van der Waals surface area contributed by atoms with Gasteiger partial charge < -0.3 is 19.5 Å². The first-order valence-corrected chi connectivity index (χ1v) is 11.8. The smallest absolute Gasteiger partial charge is 0.338 e. The van der Waals surface area contributed by atoms with Gasteiger partial charge in [0.25, 0.3) is 0 Å². The Labute approximate surface area is 193 Å². The minimum atomic E-state index is -0.526. The molecule has 1 aromatic carbocycles. The van der Waals surface area contributed by atoms with Gasteiger partial charge in [0.05, 0.1) is 18.8 Å². The van der Waals surface area contributed by atoms with Crippen molar-refractivity contribution in [3.63, 3.8) is 0 Å². The van der Waals surface area contributed by atoms with Crippen LogP contribution in [0.4, 0.5) is 5.95 Å². The number of hydrogen-bond acceptors (Lipinski definition) is 8. The van der Waals surface area contributed by atoms with Crippen LogP contribution in [0.1, 0.15) is 45.7 Å². The Morgan fingerprint density at radius 2 is 2.09 bits per heavy atom. The molecule has 3 rings (SSSR count). The molecule has 1 N–H and O–H groups in total. The Hall–Kier alpha value is -2.94. The molecule has 1 aliphatic rings. The Morgan fingerprint density at radius 1 is 1.28 bits per heavy atom. The van der Waals surface area contributed by atoms with Crippen LogP contribution in [-0.4, -0.2) is 46.3 Å². The van der Waals surface area contributed by atoms with Crippen LogP contribution in [-0.2, 0) is 9.53 Å². The Bertz CT molecular complexity index is 1000. The van der Waals surface area contributed by atoms with E-state index in [2.05, 4.69) is 28.9 Å². The minimum absolute atomic E-state index is 0.122. The standard InChI is InChI=1S/C23H30N4O4S/c1-6-12-30-17-11-10-16(14-18(17)29-8-3)20-19(21(28)31-13-7-2)15(5)24-22-25-23(32-9-4)26-27(20)22/h7,10-11,14,20H,2,6,8-9,12-13H2,1,3-5H3,(H,24,25,26). The molecule has 32 heavy (non-hydrogen) atoms. The predicted molar refractivity (Wildman–Crippen MR) is 125 cm³/mol. The fraction of sp³-hybridized carbons (Fsp3) is 0.435. The lowest BCUT2D eigenvalue weighted by atomic mass is 9.95. The maximum atomic E-state index is 13.0. The second-order valence-electron chi connectivity index (χ2n) is 7.04. The number of fused-ring (bicyclic) bond motifs is 1. The summed E-state index contributed by atoms with van der Waals surface area (Å²) in [4.78, 5) is 17.6. The summed E-state index contributed by atoms with van der Waals surface area (Å²) in [5.41, 5.74) is 1.95. The van der Waals surface area contributed by atoms with Crippen LogP contribution in [0.5, 0.6) is 11.5 Å². The fourth-order valence-corrected chi connectivity index (χ4v) is 3.96. The average molecular weight is 459 g/mol. The first-order chi connectivity index (χ1) is 15.5. The van der Waals surface area contributed by atoms with Gasteiger partial charge in [-0.25, -0.2) is 9.48 Å². The number of esters is 1. The number of ether oxygens (including phenoxy) is 3. The van der Waals surface area contributed by atoms with E-state index in [9.17, 15) is 4.79 Å². The number of thioether (sulfide) groups is 1. The number of anilines is 1. The summed E-state index contributed by atoms with van der Waals surface area (Å²) in [6.45, 7) is 12.7. The van der Waals surface area contributed by atoms with Crippen molar-refractivity contribution in [3.8, 4) is 11.5 Å². The maximum absolute atomic E-state index is 13.0. The largest absolute Gasteiger partial charge is 0.490 e. The Morgan fingerprint density at radius 3 is 2.78 bits per heavy atom. The summed E-state index contributed by atoms with van der Waals surface area (Å²) >= 11 is 1.54. The zero-order chi connectivity index (χ0) is 23.1. The SMILES string of the molecule is C=CCOC(=O)C1=C(C)Nc2nc(SCC)nn2C1c1ccc(OCCC)c(OCC)c1. The molecule has 1 unspecified atom stereocenters. The molecule has 2 aromatic rings. The van der Waals surface area contributed by atoms with Crippen LogP contribution < -0.4 is 14.8 Å². The molecule has 0 aliphatic carbocycles. The molecule has 0 saturated carbocycles. The molecular weight excluding hydrogens is 428 g/mol. The van der Waals surface area contributed by atoms with Gasteiger partial charge in [-0.2, -0.15) is 4.98 Å². The highest BCUT2D eigenvalue weighted by Crippen LogP contribution is 2.40. The van der Waals surface area contributed by atoms with E-state index in [1.54, 1.807) is 10.8 Å². The molecule has 0 radical (unpaired) electrons. The van der Waals surface area contributed by atoms with Crippen LogP contribution in [0.15, 0.2) is 47.3 Å². The van der Waals surface area contributed by atoms with E-state index in [0.717, 1.165) is 17.7 Å². The van der Waals surface area contributed by atoms with Crippen LogP contribution in [0, 0.1) is 0 Å². The number of hydrogen-bond donors (Lipinski definition) is 1. The second kappa shape index (κ2) is 11.1. The summed E-state index contributed by atoms with van der Waals surface area (Å²) in [6, 6.07) is 5.17. The fourth-order valence-electron chi connectivity index (χ4n) is 3.40. The third-order valence-electron chi connectivity index (χ3n) is 4.70. The zero-order valence-electron chi connectivity index (χ0n) is 19.0. The van der Waals surface area contributed by atoms with Crippen molar-refractivity contribution >= 4 is 23.7 Å². The van der Waals surface area contributed by atoms with Gasteiger partial charge in [0.1, 0.15) is 12.6 Å². The minimum Gasteiger partial charge on any atom is -0.490 e. The molecular formula is C23H30N4O4S. The van der Waals surface area contributed by atoms with E-state index in [4.69, 9.17) is 14.2 Å². The summed E-state index contributed by atoms with van der Waals surface area (Å²) in [7, 11) is 0. The molecule has 9 heteroatoms. The second-order valence-corrected chi connectivity index (χ2v) is 8.27. The van der Waals surface area contributed by atoms with Gasteiger partial charge in [-0.05, 0) is 43.7 Å². The van der Waals surface area contributed by atoms with Crippen LogP contribution in [0.3, 0.4) is 0 Å². The molecule has 1 aromatic heterocycles. The molecule has 172 valence electrons. The molecule has 1 atom stereocenters. The van der Waals surface area contributed by atoms with Gasteiger partial charge in [-0.1, -0.05) is 44.3 Å². The van der Waals surface area contributed by atoms with Gasteiger partial charge >= 0.3 is 5.97 Å². The van der Waals surface area contributed by atoms with Gasteiger partial charge in [0.2, 0.25) is 11.1 Å². The highest BCUT2D eigenvalue weighted by Gasteiger charge is 2.35. The summed E-state index contributed by atoms with van der Waals surface area (Å²) < 4.78 is 18.8. The van der Waals surface area contributed by atoms with E-state index in [1.807, 2.05) is 39.0 Å². The number of nitrogens with zero attached hydrogens (tertiary/aromatic N) is 3. The average Bonchev–Trinajstić information content (AvgIpc) is 3.18. The summed E-state index contributed by atoms with van der Waals surface area (Å²) in [5.74, 6) is 2.28. The van der Waals surface area contributed by atoms with Gasteiger partial charge in [-0.15, -0.1) is 5.10 Å². The molecule has 0 fully saturated rings. The van der Waals surface area contributed by atoms with Crippen molar-refractivity contribution in [2.75, 3.05) is 30.9 Å². The number of carbonyl (C=O) groups is 1. The van der Waals surface area contributed by atoms with E-state index in [-0.39, 0.29) is 6.61 Å². The van der Waals surface area contributed by atoms with Gasteiger partial charge in [-0.3, -0.25) is 0 Å². The normalized spacial score (nSPS) is 15.1. The van der Waals surface area contributed by atoms with Crippen LogP contribution in [0.25, 0.3) is 0 Å². The number of carbonyl (C=O) groups excluding carboxylic acids is 1. The molecule has 0 amide bonds. The van der Waals surface area contributed by atoms with E-state index >= 15 is 0 Å². The van der Waals surface area contributed by atoms with Crippen molar-refractivity contribution in [2.24, 2.45) is 0 Å². The summed E-state index contributed by atoms with van der Waals surface area (Å²) in [5, 5.41) is 8.50. The Balaban J connectivity index is 2.11. The molecule has 0 spiro atoms. The van der Waals surface area contributed by atoms with Crippen molar-refractivity contribution in [1.82, 2.24) is 14.8 Å². The number of aromatic nitrogens is 3. The first-order valence-electron chi connectivity index (χ1n) is 10.8. The zero-order valence-corrected chi connectivity index (χ0v) is 19.8. The third kappa shape index (κ3) is 5.09. The molecule has 1 aliphatic heterocycles. The maximum Gasteiger partial charge on any atom is 0.338 e. The van der Waals surface area contributed by atoms with Gasteiger partial charge in [0, 0.05) is 5.70 Å². The number of nitrogens with one attached hydrogen (secondary N) is 1. The van der Waals surface area contributed by atoms with Crippen LogP contribution in [0.2, 0.25) is 0 Å². The lowest BCUT2D eigenvalue weighted by Gasteiger charge is -2.28. The molecule has 2 heterocycles. The van der Waals surface area contributed by atoms with E-state index in [1.165, 1.54) is 11.8 Å². The van der Waals surface area contributed by atoms with Crippen molar-refractivity contribution in [2.45, 2.75) is 45.3 Å². The monoisotopic (exact) mass is 458 g/mol. The predicted octanol–water partition coefficient (Wildman–Crippen LogP) is 4.60. The molecule has 0 saturated heterocycles. The van der Waals surface area contributed by atoms with Crippen molar-refractivity contribution in [1.29, 1.82) is 0 Å². The van der Waals surface area contributed by atoms with Crippen molar-refractivity contribution < 1.29 is 19.0 Å². The topological polar surface area (TPSA) is 87.5 Å². The Kier molecular flexibility index (Phi) is 8.21. The van der Waals surface area contributed by atoms with Crippen LogP contribution >= 0.6 is 11.8 Å². The van der Waals surface area contributed by atoms with E-state index < -0.39 is 12.0 Å². The van der Waals surface area contributed by atoms with Crippen molar-refractivity contribution in [3.05, 3.63) is 47.7 Å². The number of rotatable bonds is 11. The highest BCUT2D eigenvalue weighted by molar-refractivity contribution is 7.99. The quantitative estimate of drug-likeness (QED) is 0.297. The third-order valence-corrected chi connectivity index (χ3v) is 5.42. The number of benzene rings is 1. The first kappa shape index (κ1) is 23.7. The summed E-state index contributed by atoms with van der Waals surface area (Å²) in [6.07, 6.45) is 2.44. The number of allylic oxidation sites excluding steroid dienone is 1.